The molecule has 5 heteroatoms. The van der Waals surface area contributed by atoms with Gasteiger partial charge in [-0.2, -0.15) is 0 Å². The van der Waals surface area contributed by atoms with Gasteiger partial charge >= 0.3 is 0 Å². The van der Waals surface area contributed by atoms with Crippen LogP contribution in [0.1, 0.15) is 20.3 Å². The first-order valence-electron chi connectivity index (χ1n) is 6.47. The molecule has 0 N–H and O–H groups in total. The van der Waals surface area contributed by atoms with Crippen molar-refractivity contribution in [1.82, 2.24) is 8.96 Å². The fourth-order valence-electron chi connectivity index (χ4n) is 2.36. The lowest BCUT2D eigenvalue weighted by molar-refractivity contribution is 0.554. The fourth-order valence-corrected chi connectivity index (χ4v) is 3.94. The monoisotopic (exact) mass is 288 g/mol. The average molecular weight is 288 g/mol. The van der Waals surface area contributed by atoms with E-state index in [0.29, 0.717) is 12.1 Å². The highest BCUT2D eigenvalue weighted by Crippen LogP contribution is 2.32. The van der Waals surface area contributed by atoms with Crippen molar-refractivity contribution in [3.63, 3.8) is 0 Å². The SMILES string of the molecule is CC1=CCC(C)(S(=O)(=O)n2ccc3cccnc32)C=C1. The van der Waals surface area contributed by atoms with Gasteiger partial charge in [-0.15, -0.1) is 0 Å². The van der Waals surface area contributed by atoms with E-state index >= 15 is 0 Å². The summed E-state index contributed by atoms with van der Waals surface area (Å²) in [6.45, 7) is 3.71. The van der Waals surface area contributed by atoms with E-state index in [2.05, 4.69) is 4.98 Å². The first kappa shape index (κ1) is 13.1. The van der Waals surface area contributed by atoms with Gasteiger partial charge in [0.15, 0.2) is 5.65 Å². The molecule has 2 heterocycles. The summed E-state index contributed by atoms with van der Waals surface area (Å²) in [5.41, 5.74) is 1.57. The first-order chi connectivity index (χ1) is 9.44. The molecule has 104 valence electrons. The van der Waals surface area contributed by atoms with Crippen LogP contribution in [0.3, 0.4) is 0 Å². The summed E-state index contributed by atoms with van der Waals surface area (Å²) in [4.78, 5) is 4.19. The van der Waals surface area contributed by atoms with E-state index in [1.54, 1.807) is 37.5 Å². The van der Waals surface area contributed by atoms with Gasteiger partial charge in [0.25, 0.3) is 0 Å². The Balaban J connectivity index is 2.16. The van der Waals surface area contributed by atoms with Gasteiger partial charge in [-0.05, 0) is 38.5 Å². The van der Waals surface area contributed by atoms with E-state index in [-0.39, 0.29) is 0 Å². The van der Waals surface area contributed by atoms with Crippen molar-refractivity contribution in [3.05, 3.63) is 54.4 Å². The van der Waals surface area contributed by atoms with Crippen LogP contribution in [0.25, 0.3) is 11.0 Å². The molecule has 20 heavy (non-hydrogen) atoms. The topological polar surface area (TPSA) is 52.0 Å². The average Bonchev–Trinajstić information content (AvgIpc) is 2.86. The standard InChI is InChI=1S/C15H16N2O2S/c1-12-5-8-15(2,9-6-12)20(18,19)17-11-7-13-4-3-10-16-14(13)17/h3-8,10-11H,9H2,1-2H3. The molecule has 2 aromatic rings. The predicted octanol–water partition coefficient (Wildman–Crippen LogP) is 2.88. The summed E-state index contributed by atoms with van der Waals surface area (Å²) in [5.74, 6) is 0. The number of nitrogens with zero attached hydrogens (tertiary/aromatic N) is 2. The quantitative estimate of drug-likeness (QED) is 0.854. The van der Waals surface area contributed by atoms with Crippen molar-refractivity contribution in [3.8, 4) is 0 Å². The Kier molecular flexibility index (Phi) is 2.83. The lowest BCUT2D eigenvalue weighted by Gasteiger charge is -2.27. The van der Waals surface area contributed by atoms with Crippen LogP contribution in [-0.2, 0) is 10.0 Å². The van der Waals surface area contributed by atoms with Gasteiger partial charge in [0.05, 0.1) is 0 Å². The van der Waals surface area contributed by atoms with Gasteiger partial charge < -0.3 is 0 Å². The van der Waals surface area contributed by atoms with Gasteiger partial charge in [-0.25, -0.2) is 17.4 Å². The van der Waals surface area contributed by atoms with Crippen LogP contribution in [0.2, 0.25) is 0 Å². The highest BCUT2D eigenvalue weighted by molar-refractivity contribution is 7.91. The summed E-state index contributed by atoms with van der Waals surface area (Å²) >= 11 is 0. The highest BCUT2D eigenvalue weighted by atomic mass is 32.2. The van der Waals surface area contributed by atoms with Crippen LogP contribution in [0, 0.1) is 0 Å². The maximum atomic E-state index is 12.9. The maximum Gasteiger partial charge on any atom is 0.249 e. The molecule has 2 aromatic heterocycles. The summed E-state index contributed by atoms with van der Waals surface area (Å²) in [6, 6.07) is 5.43. The van der Waals surface area contributed by atoms with E-state index in [1.165, 1.54) is 3.97 Å². The summed E-state index contributed by atoms with van der Waals surface area (Å²) in [6.07, 6.45) is 9.25. The second-order valence-electron chi connectivity index (χ2n) is 5.33. The molecule has 0 saturated heterocycles. The van der Waals surface area contributed by atoms with E-state index in [1.807, 2.05) is 25.1 Å². The number of aromatic nitrogens is 2. The third kappa shape index (κ3) is 1.81. The molecule has 0 amide bonds. The van der Waals surface area contributed by atoms with Gasteiger partial charge in [-0.3, -0.25) is 0 Å². The zero-order valence-corrected chi connectivity index (χ0v) is 12.3. The molecule has 4 nitrogen and oxygen atoms in total. The number of pyridine rings is 1. The molecule has 0 aromatic carbocycles. The van der Waals surface area contributed by atoms with Crippen molar-refractivity contribution >= 4 is 21.1 Å². The Morgan fingerprint density at radius 1 is 1.35 bits per heavy atom. The molecule has 3 rings (SSSR count). The zero-order chi connectivity index (χ0) is 14.4. The molecule has 0 saturated carbocycles. The largest absolute Gasteiger partial charge is 0.249 e. The third-order valence-electron chi connectivity index (χ3n) is 3.79. The molecular formula is C15H16N2O2S. The molecule has 0 radical (unpaired) electrons. The van der Waals surface area contributed by atoms with Crippen molar-refractivity contribution < 1.29 is 8.42 Å². The van der Waals surface area contributed by atoms with Gasteiger partial charge in [0.2, 0.25) is 10.0 Å². The molecular weight excluding hydrogens is 272 g/mol. The number of hydrogen-bond acceptors (Lipinski definition) is 3. The number of allylic oxidation sites excluding steroid dienone is 3. The minimum Gasteiger partial charge on any atom is -0.237 e. The van der Waals surface area contributed by atoms with Crippen LogP contribution in [0.15, 0.2) is 54.4 Å². The number of hydrogen-bond donors (Lipinski definition) is 0. The normalized spacial score (nSPS) is 23.0. The van der Waals surface area contributed by atoms with Crippen molar-refractivity contribution in [2.75, 3.05) is 0 Å². The van der Waals surface area contributed by atoms with Crippen LogP contribution < -0.4 is 0 Å². The summed E-state index contributed by atoms with van der Waals surface area (Å²) < 4.78 is 26.2. The molecule has 1 unspecified atom stereocenters. The van der Waals surface area contributed by atoms with Crippen LogP contribution in [0.5, 0.6) is 0 Å². The van der Waals surface area contributed by atoms with E-state index in [4.69, 9.17) is 0 Å². The molecule has 1 atom stereocenters. The Hall–Kier alpha value is -1.88. The molecule has 0 fully saturated rings. The maximum absolute atomic E-state index is 12.9. The Bertz CT molecular complexity index is 830. The minimum absolute atomic E-state index is 0.476. The second-order valence-corrected chi connectivity index (χ2v) is 7.61. The smallest absolute Gasteiger partial charge is 0.237 e. The second kappa shape index (κ2) is 4.31. The Morgan fingerprint density at radius 2 is 2.15 bits per heavy atom. The van der Waals surface area contributed by atoms with Crippen molar-refractivity contribution in [1.29, 1.82) is 0 Å². The van der Waals surface area contributed by atoms with Crippen LogP contribution >= 0.6 is 0 Å². The van der Waals surface area contributed by atoms with Crippen molar-refractivity contribution in [2.24, 2.45) is 0 Å². The third-order valence-corrected chi connectivity index (χ3v) is 6.09. The zero-order valence-electron chi connectivity index (χ0n) is 11.4. The first-order valence-corrected chi connectivity index (χ1v) is 7.91. The lowest BCUT2D eigenvalue weighted by atomic mass is 9.98. The van der Waals surface area contributed by atoms with Crippen LogP contribution in [-0.4, -0.2) is 22.1 Å². The Morgan fingerprint density at radius 3 is 2.85 bits per heavy atom. The predicted molar refractivity (Wildman–Crippen MR) is 80.0 cm³/mol. The molecule has 0 aliphatic heterocycles. The minimum atomic E-state index is -3.55. The van der Waals surface area contributed by atoms with E-state index in [0.717, 1.165) is 11.0 Å². The van der Waals surface area contributed by atoms with E-state index in [9.17, 15) is 8.42 Å². The highest BCUT2D eigenvalue weighted by Gasteiger charge is 2.39. The summed E-state index contributed by atoms with van der Waals surface area (Å²) in [5, 5.41) is 0.825. The van der Waals surface area contributed by atoms with Crippen molar-refractivity contribution in [2.45, 2.75) is 25.0 Å². The lowest BCUT2D eigenvalue weighted by Crippen LogP contribution is -2.38. The molecule has 0 bridgehead atoms. The number of rotatable bonds is 2. The summed E-state index contributed by atoms with van der Waals surface area (Å²) in [7, 11) is -3.55. The molecule has 1 aliphatic carbocycles. The number of fused-ring (bicyclic) bond motifs is 1. The van der Waals surface area contributed by atoms with Gasteiger partial charge in [-0.1, -0.05) is 23.8 Å². The van der Waals surface area contributed by atoms with Crippen LogP contribution in [0.4, 0.5) is 0 Å². The van der Waals surface area contributed by atoms with Gasteiger partial charge in [0.1, 0.15) is 4.75 Å². The molecule has 1 aliphatic rings. The fraction of sp³-hybridized carbons (Fsp3) is 0.267. The Labute approximate surface area is 118 Å². The molecule has 0 spiro atoms. The van der Waals surface area contributed by atoms with E-state index < -0.39 is 14.8 Å². The van der Waals surface area contributed by atoms with Gasteiger partial charge in [0, 0.05) is 17.8 Å².